The second-order valence-corrected chi connectivity index (χ2v) is 7.56. The van der Waals surface area contributed by atoms with Crippen molar-refractivity contribution in [1.82, 2.24) is 0 Å². The van der Waals surface area contributed by atoms with Crippen molar-refractivity contribution in [3.63, 3.8) is 0 Å². The minimum Gasteiger partial charge on any atom is -0.508 e. The quantitative estimate of drug-likeness (QED) is 0.648. The summed E-state index contributed by atoms with van der Waals surface area (Å²) in [6.45, 7) is 0. The summed E-state index contributed by atoms with van der Waals surface area (Å²) in [4.78, 5) is 11.4. The molecule has 1 atom stereocenters. The minimum absolute atomic E-state index is 0.0524. The average molecular weight is 342 g/mol. The van der Waals surface area contributed by atoms with E-state index in [1.807, 2.05) is 0 Å². The summed E-state index contributed by atoms with van der Waals surface area (Å²) in [5, 5.41) is 9.41. The van der Waals surface area contributed by atoms with Crippen LogP contribution in [-0.4, -0.2) is 38.4 Å². The fourth-order valence-corrected chi connectivity index (χ4v) is 4.41. The van der Waals surface area contributed by atoms with Gasteiger partial charge >= 0.3 is 0 Å². The molecule has 0 radical (unpaired) electrons. The number of nitrogens with two attached hydrogens (primary N) is 1. The Hall–Kier alpha value is -1.80. The predicted octanol–water partition coefficient (Wildman–Crippen LogP) is 1.44. The van der Waals surface area contributed by atoms with Crippen LogP contribution in [-0.2, 0) is 14.8 Å². The molecule has 1 aromatic carbocycles. The Kier molecular flexibility index (Phi) is 5.48. The summed E-state index contributed by atoms with van der Waals surface area (Å²) in [5.41, 5.74) is 5.19. The normalized spacial score (nSPS) is 17.1. The third-order valence-corrected chi connectivity index (χ3v) is 5.44. The highest BCUT2D eigenvalue weighted by Crippen LogP contribution is 2.30. The third-order valence-electron chi connectivity index (χ3n) is 4.15. The van der Waals surface area contributed by atoms with Gasteiger partial charge in [-0.1, -0.05) is 12.8 Å². The van der Waals surface area contributed by atoms with E-state index < -0.39 is 15.9 Å². The number of benzene rings is 1. The largest absolute Gasteiger partial charge is 0.508 e. The molecule has 0 aromatic heterocycles. The Bertz CT molecular complexity index is 668. The Labute approximate surface area is 135 Å². The molecule has 0 spiro atoms. The fourth-order valence-electron chi connectivity index (χ4n) is 2.98. The number of carbonyl (C=O) groups is 1. The number of methoxy groups -OCH3 is 1. The zero-order valence-corrected chi connectivity index (χ0v) is 13.8. The zero-order valence-electron chi connectivity index (χ0n) is 13.0. The van der Waals surface area contributed by atoms with E-state index >= 15 is 0 Å². The number of rotatable bonds is 7. The molecule has 0 heterocycles. The predicted molar refractivity (Wildman–Crippen MR) is 86.8 cm³/mol. The molecule has 0 bridgehead atoms. The van der Waals surface area contributed by atoms with Gasteiger partial charge in [-0.05, 0) is 37.0 Å². The van der Waals surface area contributed by atoms with Crippen molar-refractivity contribution in [2.75, 3.05) is 17.6 Å². The highest BCUT2D eigenvalue weighted by atomic mass is 32.2. The number of hydrogen-bond acceptors (Lipinski definition) is 5. The molecule has 1 aromatic rings. The van der Waals surface area contributed by atoms with Crippen LogP contribution in [0.5, 0.6) is 5.75 Å². The SMILES string of the molecule is CO[C@@H](CS(=O)(=O)Nc1ccc(O)cc1C(N)=O)C1CCCC1. The van der Waals surface area contributed by atoms with E-state index in [0.717, 1.165) is 31.7 Å². The Morgan fingerprint density at radius 2 is 2.09 bits per heavy atom. The van der Waals surface area contributed by atoms with Gasteiger partial charge in [-0.2, -0.15) is 0 Å². The van der Waals surface area contributed by atoms with Gasteiger partial charge in [0.2, 0.25) is 10.0 Å². The molecule has 4 N–H and O–H groups in total. The Morgan fingerprint density at radius 1 is 1.43 bits per heavy atom. The van der Waals surface area contributed by atoms with Crippen LogP contribution in [0.25, 0.3) is 0 Å². The molecule has 1 saturated carbocycles. The van der Waals surface area contributed by atoms with E-state index in [1.165, 1.54) is 19.2 Å². The third kappa shape index (κ3) is 4.59. The van der Waals surface area contributed by atoms with E-state index in [2.05, 4.69) is 4.72 Å². The van der Waals surface area contributed by atoms with E-state index in [1.54, 1.807) is 0 Å². The van der Waals surface area contributed by atoms with Crippen LogP contribution in [0.2, 0.25) is 0 Å². The monoisotopic (exact) mass is 342 g/mol. The molecule has 7 nitrogen and oxygen atoms in total. The molecule has 2 rings (SSSR count). The summed E-state index contributed by atoms with van der Waals surface area (Å²) in [5.74, 6) is -0.945. The van der Waals surface area contributed by atoms with Crippen molar-refractivity contribution < 1.29 is 23.1 Å². The van der Waals surface area contributed by atoms with Crippen LogP contribution in [0.15, 0.2) is 18.2 Å². The van der Waals surface area contributed by atoms with Crippen LogP contribution in [0.1, 0.15) is 36.0 Å². The molecule has 23 heavy (non-hydrogen) atoms. The van der Waals surface area contributed by atoms with Gasteiger partial charge in [-0.3, -0.25) is 9.52 Å². The van der Waals surface area contributed by atoms with Gasteiger partial charge in [0.05, 0.1) is 23.1 Å². The first-order valence-electron chi connectivity index (χ1n) is 7.48. The van der Waals surface area contributed by atoms with Crippen LogP contribution < -0.4 is 10.5 Å². The Balaban J connectivity index is 2.16. The molecule has 8 heteroatoms. The van der Waals surface area contributed by atoms with Crippen molar-refractivity contribution in [1.29, 1.82) is 0 Å². The first-order valence-corrected chi connectivity index (χ1v) is 9.13. The molecule has 128 valence electrons. The smallest absolute Gasteiger partial charge is 0.250 e. The number of phenols is 1. The Morgan fingerprint density at radius 3 is 2.65 bits per heavy atom. The van der Waals surface area contributed by atoms with E-state index in [0.29, 0.717) is 0 Å². The molecule has 1 aliphatic rings. The maximum Gasteiger partial charge on any atom is 0.250 e. The van der Waals surface area contributed by atoms with Crippen molar-refractivity contribution in [2.24, 2.45) is 11.7 Å². The van der Waals surface area contributed by atoms with Crippen LogP contribution in [0, 0.1) is 5.92 Å². The van der Waals surface area contributed by atoms with Crippen molar-refractivity contribution in [3.05, 3.63) is 23.8 Å². The number of amides is 1. The minimum atomic E-state index is -3.72. The van der Waals surface area contributed by atoms with Crippen molar-refractivity contribution in [2.45, 2.75) is 31.8 Å². The maximum atomic E-state index is 12.4. The number of aromatic hydroxyl groups is 1. The lowest BCUT2D eigenvalue weighted by Gasteiger charge is -2.22. The number of ether oxygens (including phenoxy) is 1. The number of sulfonamides is 1. The van der Waals surface area contributed by atoms with E-state index in [-0.39, 0.29) is 34.8 Å². The van der Waals surface area contributed by atoms with Gasteiger partial charge in [-0.25, -0.2) is 8.42 Å². The maximum absolute atomic E-state index is 12.4. The summed E-state index contributed by atoms with van der Waals surface area (Å²) in [7, 11) is -2.21. The van der Waals surface area contributed by atoms with Crippen molar-refractivity contribution >= 4 is 21.6 Å². The second kappa shape index (κ2) is 7.18. The molecular formula is C15H22N2O5S. The lowest BCUT2D eigenvalue weighted by Crippen LogP contribution is -2.33. The molecule has 1 amide bonds. The fraction of sp³-hybridized carbons (Fsp3) is 0.533. The van der Waals surface area contributed by atoms with Crippen LogP contribution in [0.4, 0.5) is 5.69 Å². The van der Waals surface area contributed by atoms with Gasteiger partial charge in [0.25, 0.3) is 5.91 Å². The summed E-state index contributed by atoms with van der Waals surface area (Å²) < 4.78 is 32.5. The lowest BCUT2D eigenvalue weighted by molar-refractivity contribution is 0.0718. The number of phenolic OH excluding ortho intramolecular Hbond substituents is 1. The summed E-state index contributed by atoms with van der Waals surface area (Å²) in [6, 6.07) is 3.73. The van der Waals surface area contributed by atoms with Gasteiger partial charge in [-0.15, -0.1) is 0 Å². The molecule has 0 unspecified atom stereocenters. The topological polar surface area (TPSA) is 119 Å². The highest BCUT2D eigenvalue weighted by Gasteiger charge is 2.29. The van der Waals surface area contributed by atoms with E-state index in [9.17, 15) is 18.3 Å². The first kappa shape index (κ1) is 17.6. The number of hydrogen-bond donors (Lipinski definition) is 3. The van der Waals surface area contributed by atoms with Gasteiger partial charge in [0.1, 0.15) is 5.75 Å². The van der Waals surface area contributed by atoms with Gasteiger partial charge < -0.3 is 15.6 Å². The first-order chi connectivity index (χ1) is 10.8. The number of anilines is 1. The molecule has 1 aliphatic carbocycles. The standard InChI is InChI=1S/C15H22N2O5S/c1-22-14(10-4-2-3-5-10)9-23(20,21)17-13-7-6-11(18)8-12(13)15(16)19/h6-8,10,14,17-18H,2-5,9H2,1H3,(H2,16,19)/t14-/m0/s1. The van der Waals surface area contributed by atoms with Crippen LogP contribution in [0.3, 0.4) is 0 Å². The molecular weight excluding hydrogens is 320 g/mol. The van der Waals surface area contributed by atoms with Gasteiger partial charge in [0, 0.05) is 7.11 Å². The molecule has 0 aliphatic heterocycles. The molecule has 1 fully saturated rings. The lowest BCUT2D eigenvalue weighted by atomic mass is 10.0. The van der Waals surface area contributed by atoms with Crippen molar-refractivity contribution in [3.8, 4) is 5.75 Å². The highest BCUT2D eigenvalue weighted by molar-refractivity contribution is 7.92. The number of carbonyl (C=O) groups excluding carboxylic acids is 1. The summed E-state index contributed by atoms with van der Waals surface area (Å²) >= 11 is 0. The number of primary amides is 1. The van der Waals surface area contributed by atoms with Gasteiger partial charge in [0.15, 0.2) is 0 Å². The average Bonchev–Trinajstić information content (AvgIpc) is 3.00. The number of nitrogens with one attached hydrogen (secondary N) is 1. The van der Waals surface area contributed by atoms with Crippen LogP contribution >= 0.6 is 0 Å². The zero-order chi connectivity index (χ0) is 17.0. The second-order valence-electron chi connectivity index (χ2n) is 5.80. The summed E-state index contributed by atoms with van der Waals surface area (Å²) in [6.07, 6.45) is 3.70. The van der Waals surface area contributed by atoms with E-state index in [4.69, 9.17) is 10.5 Å². The molecule has 0 saturated heterocycles.